The van der Waals surface area contributed by atoms with Crippen molar-refractivity contribution in [2.24, 2.45) is 5.92 Å². The van der Waals surface area contributed by atoms with E-state index in [1.54, 1.807) is 18.2 Å². The number of amides is 2. The minimum absolute atomic E-state index is 0.0673. The van der Waals surface area contributed by atoms with Gasteiger partial charge in [0.05, 0.1) is 10.6 Å². The largest absolute Gasteiger partial charge is 0.349 e. The number of hydrogen-bond donors (Lipinski definition) is 3. The van der Waals surface area contributed by atoms with Gasteiger partial charge in [0.15, 0.2) is 5.11 Å². The summed E-state index contributed by atoms with van der Waals surface area (Å²) in [6.45, 7) is 0. The Kier molecular flexibility index (Phi) is 8.94. The van der Waals surface area contributed by atoms with Crippen LogP contribution in [0.2, 0.25) is 5.02 Å². The molecule has 2 saturated carbocycles. The molecule has 3 rings (SSSR count). The van der Waals surface area contributed by atoms with Crippen molar-refractivity contribution < 1.29 is 9.59 Å². The summed E-state index contributed by atoms with van der Waals surface area (Å²) in [5.41, 5.74) is 1.05. The maximum absolute atomic E-state index is 12.7. The van der Waals surface area contributed by atoms with Gasteiger partial charge in [0.25, 0.3) is 5.91 Å². The second-order valence-electron chi connectivity index (χ2n) is 8.55. The third-order valence-corrected chi connectivity index (χ3v) is 6.70. The van der Waals surface area contributed by atoms with Gasteiger partial charge in [0.2, 0.25) is 5.91 Å². The van der Waals surface area contributed by atoms with Crippen LogP contribution in [-0.4, -0.2) is 23.0 Å². The molecule has 0 atom stereocenters. The molecule has 1 aromatic carbocycles. The number of anilines is 1. The predicted molar refractivity (Wildman–Crippen MR) is 126 cm³/mol. The molecule has 0 radical (unpaired) electrons. The lowest BCUT2D eigenvalue weighted by Gasteiger charge is -2.23. The Hall–Kier alpha value is -1.66. The van der Waals surface area contributed by atoms with Crippen molar-refractivity contribution in [3.8, 4) is 0 Å². The molecule has 2 aliphatic rings. The van der Waals surface area contributed by atoms with Crippen LogP contribution in [0.1, 0.15) is 87.4 Å². The number of carbonyl (C=O) groups excluding carboxylic acids is 2. The van der Waals surface area contributed by atoms with Crippen molar-refractivity contribution in [2.75, 3.05) is 5.32 Å². The minimum atomic E-state index is -0.169. The van der Waals surface area contributed by atoms with Crippen LogP contribution in [0.4, 0.5) is 5.69 Å². The number of thiocarbonyl (C=S) groups is 1. The lowest BCUT2D eigenvalue weighted by Crippen LogP contribution is -2.36. The normalized spacial score (nSPS) is 17.9. The summed E-state index contributed by atoms with van der Waals surface area (Å²) in [5.74, 6) is 0.424. The van der Waals surface area contributed by atoms with Crippen molar-refractivity contribution in [1.29, 1.82) is 0 Å². The first kappa shape index (κ1) is 23.0. The molecule has 5 nitrogen and oxygen atoms in total. The molecule has 1 aromatic rings. The number of benzene rings is 1. The van der Waals surface area contributed by atoms with Crippen molar-refractivity contribution >= 4 is 46.4 Å². The molecule has 0 saturated heterocycles. The van der Waals surface area contributed by atoms with Gasteiger partial charge in [-0.1, -0.05) is 63.0 Å². The number of rotatable bonds is 6. The summed E-state index contributed by atoms with van der Waals surface area (Å²) in [5, 5.41) is 9.47. The van der Waals surface area contributed by atoms with Crippen LogP contribution in [0.5, 0.6) is 0 Å². The van der Waals surface area contributed by atoms with E-state index < -0.39 is 0 Å². The fourth-order valence-corrected chi connectivity index (χ4v) is 4.88. The smallest absolute Gasteiger partial charge is 0.253 e. The highest BCUT2D eigenvalue weighted by molar-refractivity contribution is 7.80. The summed E-state index contributed by atoms with van der Waals surface area (Å²) in [6.07, 6.45) is 13.3. The van der Waals surface area contributed by atoms with Crippen molar-refractivity contribution in [2.45, 2.75) is 83.1 Å². The zero-order valence-corrected chi connectivity index (χ0v) is 19.0. The quantitative estimate of drug-likeness (QED) is 0.496. The molecular formula is C23H32ClN3O2S. The van der Waals surface area contributed by atoms with Crippen LogP contribution in [0.15, 0.2) is 18.2 Å². The standard InChI is InChI=1S/C23H32ClN3O2S/c24-20-13-12-18(15-19(20)22(29)25-17-9-5-2-6-10-17)26-23(30)27-21(28)14-11-16-7-3-1-4-8-16/h12-13,15-17H,1-11,14H2,(H,25,29)(H2,26,27,28,30). The van der Waals surface area contributed by atoms with Gasteiger partial charge in [0.1, 0.15) is 0 Å². The Morgan fingerprint density at radius 1 is 1.00 bits per heavy atom. The van der Waals surface area contributed by atoms with Crippen LogP contribution in [-0.2, 0) is 4.79 Å². The first-order valence-corrected chi connectivity index (χ1v) is 12.0. The van der Waals surface area contributed by atoms with E-state index >= 15 is 0 Å². The van der Waals surface area contributed by atoms with E-state index in [9.17, 15) is 9.59 Å². The zero-order chi connectivity index (χ0) is 21.3. The summed E-state index contributed by atoms with van der Waals surface area (Å²) < 4.78 is 0. The van der Waals surface area contributed by atoms with E-state index in [-0.39, 0.29) is 23.0 Å². The first-order chi connectivity index (χ1) is 14.5. The van der Waals surface area contributed by atoms with Gasteiger partial charge in [0, 0.05) is 18.2 Å². The van der Waals surface area contributed by atoms with Crippen molar-refractivity contribution in [3.05, 3.63) is 28.8 Å². The highest BCUT2D eigenvalue weighted by atomic mass is 35.5. The highest BCUT2D eigenvalue weighted by Gasteiger charge is 2.19. The van der Waals surface area contributed by atoms with Crippen molar-refractivity contribution in [3.63, 3.8) is 0 Å². The number of hydrogen-bond acceptors (Lipinski definition) is 3. The SMILES string of the molecule is O=C(CCC1CCCCC1)NC(=S)Nc1ccc(Cl)c(C(=O)NC2CCCCC2)c1. The summed E-state index contributed by atoms with van der Waals surface area (Å²) in [4.78, 5) is 24.9. The molecular weight excluding hydrogens is 418 g/mol. The molecule has 2 amide bonds. The van der Waals surface area contributed by atoms with E-state index in [0.29, 0.717) is 28.6 Å². The number of carbonyl (C=O) groups is 2. The fourth-order valence-electron chi connectivity index (χ4n) is 4.45. The second-order valence-corrected chi connectivity index (χ2v) is 9.36. The van der Waals surface area contributed by atoms with E-state index in [2.05, 4.69) is 16.0 Å². The van der Waals surface area contributed by atoms with Crippen LogP contribution >= 0.6 is 23.8 Å². The van der Waals surface area contributed by atoms with Crippen molar-refractivity contribution in [1.82, 2.24) is 10.6 Å². The van der Waals surface area contributed by atoms with Gasteiger partial charge < -0.3 is 16.0 Å². The van der Waals surface area contributed by atoms with Crippen LogP contribution in [0.3, 0.4) is 0 Å². The van der Waals surface area contributed by atoms with Crippen LogP contribution < -0.4 is 16.0 Å². The monoisotopic (exact) mass is 449 g/mol. The van der Waals surface area contributed by atoms with Gasteiger partial charge in [-0.15, -0.1) is 0 Å². The summed E-state index contributed by atoms with van der Waals surface area (Å²) >= 11 is 11.5. The molecule has 0 spiro atoms. The predicted octanol–water partition coefficient (Wildman–Crippen LogP) is 5.58. The molecule has 164 valence electrons. The van der Waals surface area contributed by atoms with E-state index in [0.717, 1.165) is 32.1 Å². The lowest BCUT2D eigenvalue weighted by atomic mass is 9.86. The molecule has 2 fully saturated rings. The highest BCUT2D eigenvalue weighted by Crippen LogP contribution is 2.27. The summed E-state index contributed by atoms with van der Waals surface area (Å²) in [6, 6.07) is 5.32. The van der Waals surface area contributed by atoms with E-state index in [1.807, 2.05) is 0 Å². The molecule has 0 bridgehead atoms. The Balaban J connectivity index is 1.49. The van der Waals surface area contributed by atoms with Gasteiger partial charge in [-0.2, -0.15) is 0 Å². The van der Waals surface area contributed by atoms with Gasteiger partial charge in [-0.25, -0.2) is 0 Å². The van der Waals surface area contributed by atoms with Gasteiger partial charge in [-0.3, -0.25) is 9.59 Å². The molecule has 7 heteroatoms. The molecule has 2 aliphatic carbocycles. The first-order valence-electron chi connectivity index (χ1n) is 11.2. The molecule has 0 aromatic heterocycles. The Morgan fingerprint density at radius 3 is 2.37 bits per heavy atom. The molecule has 3 N–H and O–H groups in total. The molecule has 0 unspecified atom stereocenters. The fraction of sp³-hybridized carbons (Fsp3) is 0.609. The average Bonchev–Trinajstić information content (AvgIpc) is 2.75. The Morgan fingerprint density at radius 2 is 1.67 bits per heavy atom. The average molecular weight is 450 g/mol. The zero-order valence-electron chi connectivity index (χ0n) is 17.5. The second kappa shape index (κ2) is 11.7. The van der Waals surface area contributed by atoms with Crippen LogP contribution in [0.25, 0.3) is 0 Å². The Labute approximate surface area is 189 Å². The van der Waals surface area contributed by atoms with Gasteiger partial charge in [-0.05, 0) is 55.6 Å². The minimum Gasteiger partial charge on any atom is -0.349 e. The molecule has 0 heterocycles. The number of halogens is 1. The molecule has 0 aliphatic heterocycles. The Bertz CT molecular complexity index is 759. The third kappa shape index (κ3) is 7.24. The molecule has 30 heavy (non-hydrogen) atoms. The summed E-state index contributed by atoms with van der Waals surface area (Å²) in [7, 11) is 0. The van der Waals surface area contributed by atoms with Gasteiger partial charge >= 0.3 is 0 Å². The lowest BCUT2D eigenvalue weighted by molar-refractivity contribution is -0.120. The third-order valence-electron chi connectivity index (χ3n) is 6.17. The number of nitrogens with one attached hydrogen (secondary N) is 3. The maximum atomic E-state index is 12.7. The van der Waals surface area contributed by atoms with E-state index in [4.69, 9.17) is 23.8 Å². The topological polar surface area (TPSA) is 70.2 Å². The van der Waals surface area contributed by atoms with Crippen LogP contribution in [0, 0.1) is 5.92 Å². The van der Waals surface area contributed by atoms with E-state index in [1.165, 1.54) is 38.5 Å². The maximum Gasteiger partial charge on any atom is 0.253 e.